The van der Waals surface area contributed by atoms with E-state index in [-0.39, 0.29) is 0 Å². The van der Waals surface area contributed by atoms with E-state index in [0.717, 1.165) is 6.42 Å². The average molecular weight is 285 g/mol. The Morgan fingerprint density at radius 1 is 1.00 bits per heavy atom. The lowest BCUT2D eigenvalue weighted by atomic mass is 10.0. The second kappa shape index (κ2) is 4.15. The maximum atomic E-state index is 3.75. The quantitative estimate of drug-likeness (QED) is 0.685. The summed E-state index contributed by atoms with van der Waals surface area (Å²) in [6.45, 7) is 2.19. The van der Waals surface area contributed by atoms with Crippen molar-refractivity contribution in [1.29, 1.82) is 0 Å². The number of hydrogen-bond donors (Lipinski definition) is 0. The van der Waals surface area contributed by atoms with Crippen LogP contribution in [0.25, 0.3) is 17.2 Å². The Balaban J connectivity index is 2.18. The van der Waals surface area contributed by atoms with E-state index in [4.69, 9.17) is 0 Å². The molecule has 1 aliphatic rings. The highest BCUT2D eigenvalue weighted by Crippen LogP contribution is 2.37. The van der Waals surface area contributed by atoms with E-state index < -0.39 is 0 Å². The maximum absolute atomic E-state index is 3.75. The minimum atomic E-state index is 1.09. The van der Waals surface area contributed by atoms with E-state index in [1.54, 1.807) is 0 Å². The molecule has 0 fully saturated rings. The fraction of sp³-hybridized carbons (Fsp3) is 0.125. The van der Waals surface area contributed by atoms with Gasteiger partial charge in [0.2, 0.25) is 0 Å². The van der Waals surface area contributed by atoms with Crippen LogP contribution in [0.5, 0.6) is 0 Å². The molecular weight excluding hydrogens is 272 g/mol. The highest BCUT2D eigenvalue weighted by molar-refractivity contribution is 9.10. The predicted molar refractivity (Wildman–Crippen MR) is 76.9 cm³/mol. The Hall–Kier alpha value is -1.34. The van der Waals surface area contributed by atoms with Crippen LogP contribution in [-0.2, 0) is 6.42 Å². The summed E-state index contributed by atoms with van der Waals surface area (Å²) in [5.41, 5.74) is 6.75. The number of fused-ring (bicyclic) bond motifs is 1. The number of halogens is 1. The molecule has 0 saturated carbocycles. The first kappa shape index (κ1) is 10.8. The fourth-order valence-corrected chi connectivity index (χ4v) is 3.11. The third-order valence-corrected chi connectivity index (χ3v) is 4.07. The van der Waals surface area contributed by atoms with Crippen LogP contribution in [0.1, 0.15) is 18.1 Å². The smallest absolute Gasteiger partial charge is 0.0329 e. The summed E-state index contributed by atoms with van der Waals surface area (Å²) in [4.78, 5) is 0. The van der Waals surface area contributed by atoms with Crippen molar-refractivity contribution in [1.82, 2.24) is 0 Å². The van der Waals surface area contributed by atoms with Gasteiger partial charge in [-0.3, -0.25) is 0 Å². The molecule has 2 aromatic carbocycles. The van der Waals surface area contributed by atoms with Gasteiger partial charge in [0.05, 0.1) is 0 Å². The minimum Gasteiger partial charge on any atom is -0.0683 e. The largest absolute Gasteiger partial charge is 0.0683 e. The first-order valence-corrected chi connectivity index (χ1v) is 6.59. The zero-order valence-corrected chi connectivity index (χ0v) is 11.3. The molecule has 0 N–H and O–H groups in total. The summed E-state index contributed by atoms with van der Waals surface area (Å²) in [5, 5.41) is 0. The van der Waals surface area contributed by atoms with Gasteiger partial charge in [-0.25, -0.2) is 0 Å². The first-order valence-electron chi connectivity index (χ1n) is 5.79. The van der Waals surface area contributed by atoms with Gasteiger partial charge in [-0.1, -0.05) is 54.1 Å². The van der Waals surface area contributed by atoms with Crippen LogP contribution < -0.4 is 0 Å². The zero-order valence-electron chi connectivity index (χ0n) is 9.70. The van der Waals surface area contributed by atoms with Crippen molar-refractivity contribution in [2.75, 3.05) is 0 Å². The molecule has 0 nitrogen and oxygen atoms in total. The van der Waals surface area contributed by atoms with Gasteiger partial charge in [-0.2, -0.15) is 0 Å². The standard InChI is InChI=1S/C16H13Br/c1-11-9-13-7-8-14(16(17)15(13)10-11)12-5-3-2-4-6-12/h2-8,10H,9H2,1H3. The predicted octanol–water partition coefficient (Wildman–Crippen LogP) is 5.08. The van der Waals surface area contributed by atoms with Crippen molar-refractivity contribution in [3.63, 3.8) is 0 Å². The number of rotatable bonds is 1. The Morgan fingerprint density at radius 2 is 1.76 bits per heavy atom. The molecule has 3 rings (SSSR count). The highest BCUT2D eigenvalue weighted by atomic mass is 79.9. The van der Waals surface area contributed by atoms with Crippen molar-refractivity contribution in [3.05, 3.63) is 63.6 Å². The summed E-state index contributed by atoms with van der Waals surface area (Å²) in [6, 6.07) is 15.0. The van der Waals surface area contributed by atoms with Crippen molar-refractivity contribution in [2.45, 2.75) is 13.3 Å². The van der Waals surface area contributed by atoms with Crippen molar-refractivity contribution < 1.29 is 0 Å². The SMILES string of the molecule is CC1=Cc2c(ccc(-c3ccccc3)c2Br)C1. The molecule has 2 aromatic rings. The van der Waals surface area contributed by atoms with E-state index >= 15 is 0 Å². The summed E-state index contributed by atoms with van der Waals surface area (Å²) < 4.78 is 1.22. The molecule has 0 bridgehead atoms. The molecule has 0 aliphatic heterocycles. The molecule has 0 amide bonds. The molecule has 1 heteroatoms. The van der Waals surface area contributed by atoms with Gasteiger partial charge in [0.15, 0.2) is 0 Å². The molecule has 0 heterocycles. The Labute approximate surface area is 110 Å². The lowest BCUT2D eigenvalue weighted by molar-refractivity contribution is 1.19. The van der Waals surface area contributed by atoms with Gasteiger partial charge in [0.25, 0.3) is 0 Å². The molecule has 0 atom stereocenters. The van der Waals surface area contributed by atoms with Crippen LogP contribution in [0.15, 0.2) is 52.5 Å². The highest BCUT2D eigenvalue weighted by Gasteiger charge is 2.15. The lowest BCUT2D eigenvalue weighted by Gasteiger charge is -2.09. The van der Waals surface area contributed by atoms with Crippen LogP contribution in [0.4, 0.5) is 0 Å². The topological polar surface area (TPSA) is 0 Å². The molecule has 0 aromatic heterocycles. The first-order chi connectivity index (χ1) is 8.25. The monoisotopic (exact) mass is 284 g/mol. The van der Waals surface area contributed by atoms with E-state index in [2.05, 4.69) is 71.4 Å². The van der Waals surface area contributed by atoms with Crippen LogP contribution in [-0.4, -0.2) is 0 Å². The number of benzene rings is 2. The molecule has 0 saturated heterocycles. The van der Waals surface area contributed by atoms with Crippen molar-refractivity contribution in [3.8, 4) is 11.1 Å². The molecule has 17 heavy (non-hydrogen) atoms. The van der Waals surface area contributed by atoms with Crippen molar-refractivity contribution >= 4 is 22.0 Å². The van der Waals surface area contributed by atoms with Crippen LogP contribution in [0, 0.1) is 0 Å². The summed E-state index contributed by atoms with van der Waals surface area (Å²) >= 11 is 3.75. The van der Waals surface area contributed by atoms with E-state index in [9.17, 15) is 0 Å². The average Bonchev–Trinajstić information content (AvgIpc) is 2.72. The zero-order chi connectivity index (χ0) is 11.8. The maximum Gasteiger partial charge on any atom is 0.0329 e. The lowest BCUT2D eigenvalue weighted by Crippen LogP contribution is -1.87. The summed E-state index contributed by atoms with van der Waals surface area (Å²) in [6.07, 6.45) is 3.37. The molecular formula is C16H13Br. The van der Waals surface area contributed by atoms with E-state index in [1.807, 2.05) is 0 Å². The normalized spacial score (nSPS) is 13.4. The van der Waals surface area contributed by atoms with Crippen LogP contribution in [0.3, 0.4) is 0 Å². The van der Waals surface area contributed by atoms with Gasteiger partial charge in [-0.15, -0.1) is 0 Å². The second-order valence-corrected chi connectivity index (χ2v) is 5.33. The van der Waals surface area contributed by atoms with Gasteiger partial charge in [0.1, 0.15) is 0 Å². The third kappa shape index (κ3) is 1.85. The third-order valence-electron chi connectivity index (χ3n) is 3.21. The number of allylic oxidation sites excluding steroid dienone is 1. The molecule has 84 valence electrons. The van der Waals surface area contributed by atoms with Crippen molar-refractivity contribution in [2.24, 2.45) is 0 Å². The van der Waals surface area contributed by atoms with Gasteiger partial charge in [0, 0.05) is 4.47 Å². The fourth-order valence-electron chi connectivity index (χ4n) is 2.38. The number of hydrogen-bond acceptors (Lipinski definition) is 0. The summed E-state index contributed by atoms with van der Waals surface area (Å²) in [7, 11) is 0. The van der Waals surface area contributed by atoms with Gasteiger partial charge < -0.3 is 0 Å². The van der Waals surface area contributed by atoms with Crippen LogP contribution >= 0.6 is 15.9 Å². The molecule has 1 aliphatic carbocycles. The summed E-state index contributed by atoms with van der Waals surface area (Å²) in [5.74, 6) is 0. The second-order valence-electron chi connectivity index (χ2n) is 4.53. The van der Waals surface area contributed by atoms with Crippen LogP contribution in [0.2, 0.25) is 0 Å². The molecule has 0 radical (unpaired) electrons. The molecule has 0 spiro atoms. The molecule has 0 unspecified atom stereocenters. The van der Waals surface area contributed by atoms with E-state index in [1.165, 1.54) is 32.3 Å². The minimum absolute atomic E-state index is 1.09. The van der Waals surface area contributed by atoms with Gasteiger partial charge >= 0.3 is 0 Å². The Bertz CT molecular complexity index is 594. The Kier molecular flexibility index (Phi) is 2.64. The van der Waals surface area contributed by atoms with E-state index in [0.29, 0.717) is 0 Å². The van der Waals surface area contributed by atoms with Gasteiger partial charge in [-0.05, 0) is 51.5 Å². The Morgan fingerprint density at radius 3 is 2.53 bits per heavy atom.